The Morgan fingerprint density at radius 3 is 2.76 bits per heavy atom. The predicted molar refractivity (Wildman–Crippen MR) is 74.5 cm³/mol. The molecule has 2 aliphatic rings. The minimum atomic E-state index is 0.417. The summed E-state index contributed by atoms with van der Waals surface area (Å²) in [5.74, 6) is 0. The summed E-state index contributed by atoms with van der Waals surface area (Å²) >= 11 is 5.70. The summed E-state index contributed by atoms with van der Waals surface area (Å²) in [6, 6.07) is 0.659. The van der Waals surface area contributed by atoms with Gasteiger partial charge in [0, 0.05) is 36.8 Å². The van der Waals surface area contributed by atoms with Crippen LogP contribution in [0.1, 0.15) is 45.4 Å². The molecule has 0 aromatic carbocycles. The first-order valence-corrected chi connectivity index (χ1v) is 7.48. The second-order valence-corrected chi connectivity index (χ2v) is 5.79. The highest BCUT2D eigenvalue weighted by atomic mass is 35.5. The van der Waals surface area contributed by atoms with Crippen LogP contribution < -0.4 is 5.32 Å². The smallest absolute Gasteiger partial charge is 0.0338 e. The van der Waals surface area contributed by atoms with Crippen LogP contribution in [0.15, 0.2) is 11.6 Å². The van der Waals surface area contributed by atoms with Crippen LogP contribution in [-0.2, 0) is 0 Å². The average molecular weight is 257 g/mol. The highest BCUT2D eigenvalue weighted by molar-refractivity contribution is 6.25. The zero-order valence-electron chi connectivity index (χ0n) is 10.9. The molecule has 0 amide bonds. The highest BCUT2D eigenvalue weighted by Gasteiger charge is 2.41. The Morgan fingerprint density at radius 1 is 1.35 bits per heavy atom. The maximum atomic E-state index is 5.70. The van der Waals surface area contributed by atoms with E-state index in [1.807, 2.05) is 0 Å². The number of rotatable bonds is 3. The Morgan fingerprint density at radius 2 is 2.12 bits per heavy atom. The fraction of sp³-hybridized carbons (Fsp3) is 0.857. The van der Waals surface area contributed by atoms with Gasteiger partial charge in [-0.3, -0.25) is 4.90 Å². The topological polar surface area (TPSA) is 15.3 Å². The van der Waals surface area contributed by atoms with Gasteiger partial charge in [-0.25, -0.2) is 0 Å². The second kappa shape index (κ2) is 6.21. The number of nitrogens with zero attached hydrogens (tertiary/aromatic N) is 1. The maximum Gasteiger partial charge on any atom is 0.0338 e. The van der Waals surface area contributed by atoms with Crippen LogP contribution in [0, 0.1) is 0 Å². The van der Waals surface area contributed by atoms with Gasteiger partial charge in [0.15, 0.2) is 0 Å². The molecule has 2 fully saturated rings. The molecule has 0 bridgehead atoms. The Kier molecular flexibility index (Phi) is 4.89. The van der Waals surface area contributed by atoms with E-state index in [0.717, 1.165) is 6.54 Å². The monoisotopic (exact) mass is 256 g/mol. The normalized spacial score (nSPS) is 30.1. The third-order valence-electron chi connectivity index (χ3n) is 4.52. The van der Waals surface area contributed by atoms with E-state index in [-0.39, 0.29) is 0 Å². The first-order chi connectivity index (χ1) is 8.30. The van der Waals surface area contributed by atoms with Gasteiger partial charge in [0.25, 0.3) is 0 Å². The molecule has 1 heterocycles. The minimum absolute atomic E-state index is 0.417. The van der Waals surface area contributed by atoms with Gasteiger partial charge in [0.1, 0.15) is 0 Å². The fourth-order valence-corrected chi connectivity index (χ4v) is 3.46. The molecule has 0 aromatic heterocycles. The Labute approximate surface area is 110 Å². The van der Waals surface area contributed by atoms with Gasteiger partial charge < -0.3 is 5.32 Å². The molecule has 1 aliphatic heterocycles. The molecule has 1 spiro atoms. The summed E-state index contributed by atoms with van der Waals surface area (Å²) in [5.41, 5.74) is 2.08. The highest BCUT2D eigenvalue weighted by Crippen LogP contribution is 2.35. The molecule has 1 saturated heterocycles. The SMILES string of the molecule is CCC1CN(C/C=C/Cl)C2(CCCCC2)CN1. The van der Waals surface area contributed by atoms with E-state index in [0.29, 0.717) is 11.6 Å². The summed E-state index contributed by atoms with van der Waals surface area (Å²) in [5, 5.41) is 3.74. The molecule has 0 radical (unpaired) electrons. The van der Waals surface area contributed by atoms with E-state index < -0.39 is 0 Å². The van der Waals surface area contributed by atoms with Crippen LogP contribution in [-0.4, -0.2) is 36.1 Å². The average Bonchev–Trinajstić information content (AvgIpc) is 2.39. The summed E-state index contributed by atoms with van der Waals surface area (Å²) < 4.78 is 0. The Balaban J connectivity index is 2.06. The Bertz CT molecular complexity index is 259. The van der Waals surface area contributed by atoms with Crippen LogP contribution in [0.3, 0.4) is 0 Å². The van der Waals surface area contributed by atoms with Gasteiger partial charge in [-0.2, -0.15) is 0 Å². The van der Waals surface area contributed by atoms with Gasteiger partial charge in [-0.15, -0.1) is 0 Å². The number of hydrogen-bond acceptors (Lipinski definition) is 2. The van der Waals surface area contributed by atoms with Gasteiger partial charge in [-0.05, 0) is 19.3 Å². The molecule has 1 aliphatic carbocycles. The van der Waals surface area contributed by atoms with Crippen molar-refractivity contribution in [2.45, 2.75) is 57.0 Å². The first-order valence-electron chi connectivity index (χ1n) is 7.04. The van der Waals surface area contributed by atoms with Crippen molar-refractivity contribution < 1.29 is 0 Å². The molecule has 1 atom stereocenters. The van der Waals surface area contributed by atoms with Crippen molar-refractivity contribution in [2.75, 3.05) is 19.6 Å². The zero-order chi connectivity index (χ0) is 12.1. The Hall–Kier alpha value is -0.0500. The van der Waals surface area contributed by atoms with E-state index in [9.17, 15) is 0 Å². The zero-order valence-corrected chi connectivity index (χ0v) is 11.7. The largest absolute Gasteiger partial charge is 0.311 e. The molecule has 1 saturated carbocycles. The van der Waals surface area contributed by atoms with E-state index in [2.05, 4.69) is 23.2 Å². The van der Waals surface area contributed by atoms with Crippen molar-refractivity contribution >= 4 is 11.6 Å². The molecular weight excluding hydrogens is 232 g/mol. The van der Waals surface area contributed by atoms with Crippen molar-refractivity contribution in [3.63, 3.8) is 0 Å². The maximum absolute atomic E-state index is 5.70. The third-order valence-corrected chi connectivity index (χ3v) is 4.70. The van der Waals surface area contributed by atoms with Crippen LogP contribution >= 0.6 is 11.6 Å². The molecule has 2 nitrogen and oxygen atoms in total. The van der Waals surface area contributed by atoms with E-state index in [1.54, 1.807) is 5.54 Å². The molecule has 17 heavy (non-hydrogen) atoms. The summed E-state index contributed by atoms with van der Waals surface area (Å²) in [7, 11) is 0. The summed E-state index contributed by atoms with van der Waals surface area (Å²) in [6.07, 6.45) is 10.2. The third kappa shape index (κ3) is 3.04. The predicted octanol–water partition coefficient (Wildman–Crippen LogP) is 3.13. The van der Waals surface area contributed by atoms with Crippen LogP contribution in [0.2, 0.25) is 0 Å². The van der Waals surface area contributed by atoms with E-state index in [4.69, 9.17) is 11.6 Å². The number of hydrogen-bond donors (Lipinski definition) is 1. The number of nitrogens with one attached hydrogen (secondary N) is 1. The van der Waals surface area contributed by atoms with E-state index in [1.165, 1.54) is 51.6 Å². The van der Waals surface area contributed by atoms with Crippen molar-refractivity contribution in [3.05, 3.63) is 11.6 Å². The molecule has 98 valence electrons. The van der Waals surface area contributed by atoms with Crippen LogP contribution in [0.25, 0.3) is 0 Å². The summed E-state index contributed by atoms with van der Waals surface area (Å²) in [6.45, 7) is 5.63. The lowest BCUT2D eigenvalue weighted by atomic mass is 9.78. The lowest BCUT2D eigenvalue weighted by Gasteiger charge is -2.52. The molecule has 1 unspecified atom stereocenters. The van der Waals surface area contributed by atoms with E-state index >= 15 is 0 Å². The molecule has 1 N–H and O–H groups in total. The fourth-order valence-electron chi connectivity index (χ4n) is 3.38. The first kappa shape index (κ1) is 13.4. The quantitative estimate of drug-likeness (QED) is 0.835. The molecule has 3 heteroatoms. The standard InChI is InChI=1S/C14H25ClN2/c1-2-13-11-17(10-6-9-15)14(12-16-13)7-4-3-5-8-14/h6,9,13,16H,2-5,7-8,10-12H2,1H3/b9-6+. The van der Waals surface area contributed by atoms with Crippen molar-refractivity contribution in [1.82, 2.24) is 10.2 Å². The summed E-state index contributed by atoms with van der Waals surface area (Å²) in [4.78, 5) is 2.68. The van der Waals surface area contributed by atoms with Gasteiger partial charge in [0.2, 0.25) is 0 Å². The van der Waals surface area contributed by atoms with Crippen molar-refractivity contribution in [2.24, 2.45) is 0 Å². The second-order valence-electron chi connectivity index (χ2n) is 5.54. The number of halogens is 1. The number of piperazine rings is 1. The van der Waals surface area contributed by atoms with Gasteiger partial charge >= 0.3 is 0 Å². The van der Waals surface area contributed by atoms with Crippen molar-refractivity contribution in [3.8, 4) is 0 Å². The van der Waals surface area contributed by atoms with Crippen LogP contribution in [0.5, 0.6) is 0 Å². The molecule has 2 rings (SSSR count). The minimum Gasteiger partial charge on any atom is -0.311 e. The lowest BCUT2D eigenvalue weighted by Crippen LogP contribution is -2.65. The van der Waals surface area contributed by atoms with Crippen molar-refractivity contribution in [1.29, 1.82) is 0 Å². The van der Waals surface area contributed by atoms with Crippen LogP contribution in [0.4, 0.5) is 0 Å². The molecule has 0 aromatic rings. The lowest BCUT2D eigenvalue weighted by molar-refractivity contribution is 0.0187. The molecular formula is C14H25ClN2. The van der Waals surface area contributed by atoms with Gasteiger partial charge in [-0.1, -0.05) is 43.9 Å². The van der Waals surface area contributed by atoms with Gasteiger partial charge in [0.05, 0.1) is 0 Å².